The summed E-state index contributed by atoms with van der Waals surface area (Å²) in [4.78, 5) is 39.9. The van der Waals surface area contributed by atoms with Crippen LogP contribution in [0, 0.1) is 17.8 Å². The van der Waals surface area contributed by atoms with Crippen molar-refractivity contribution in [2.24, 2.45) is 17.8 Å². The van der Waals surface area contributed by atoms with Crippen LogP contribution in [0.25, 0.3) is 0 Å². The molecule has 3 amide bonds. The molecule has 2 heterocycles. The zero-order valence-electron chi connectivity index (χ0n) is 11.3. The number of rotatable bonds is 2. The normalized spacial score (nSPS) is 33.4. The van der Waals surface area contributed by atoms with Crippen molar-refractivity contribution in [1.29, 1.82) is 0 Å². The van der Waals surface area contributed by atoms with Gasteiger partial charge in [-0.05, 0) is 25.7 Å². The van der Waals surface area contributed by atoms with Gasteiger partial charge < -0.3 is 4.90 Å². The highest BCUT2D eigenvalue weighted by Gasteiger charge is 2.53. The standard InChI is InChI=1S/C15H18N2O3/c18-13(9-5-6-9)16-7-10(8-16)17-14(19)11-3-1-2-4-12(11)15(17)20/h1-2,9-12H,3-8H2. The Balaban J connectivity index is 1.44. The molecule has 2 saturated heterocycles. The summed E-state index contributed by atoms with van der Waals surface area (Å²) >= 11 is 0. The SMILES string of the molecule is O=C(C1CC1)N1CC(N2C(=O)C3CC=CCC3C2=O)C1. The molecule has 0 radical (unpaired) electrons. The minimum atomic E-state index is -0.152. The average molecular weight is 274 g/mol. The minimum Gasteiger partial charge on any atom is -0.338 e. The van der Waals surface area contributed by atoms with Crippen LogP contribution in [0.1, 0.15) is 25.7 Å². The third-order valence-corrected chi connectivity index (χ3v) is 5.01. The van der Waals surface area contributed by atoms with Crippen LogP contribution >= 0.6 is 0 Å². The van der Waals surface area contributed by atoms with Crippen LogP contribution in [-0.4, -0.2) is 46.7 Å². The molecule has 20 heavy (non-hydrogen) atoms. The van der Waals surface area contributed by atoms with Crippen LogP contribution in [0.4, 0.5) is 0 Å². The van der Waals surface area contributed by atoms with E-state index in [1.165, 1.54) is 4.90 Å². The molecule has 2 aliphatic heterocycles. The molecule has 5 nitrogen and oxygen atoms in total. The Hall–Kier alpha value is -1.65. The Labute approximate surface area is 117 Å². The molecular formula is C15H18N2O3. The van der Waals surface area contributed by atoms with Gasteiger partial charge >= 0.3 is 0 Å². The fourth-order valence-corrected chi connectivity index (χ4v) is 3.57. The molecule has 0 aromatic carbocycles. The van der Waals surface area contributed by atoms with Crippen molar-refractivity contribution in [2.45, 2.75) is 31.7 Å². The second kappa shape index (κ2) is 4.17. The summed E-state index contributed by atoms with van der Waals surface area (Å²) in [6.07, 6.45) is 7.36. The van der Waals surface area contributed by atoms with Crippen LogP contribution in [0.2, 0.25) is 0 Å². The predicted octanol–water partition coefficient (Wildman–Crippen LogP) is 0.558. The Kier molecular flexibility index (Phi) is 2.53. The lowest BCUT2D eigenvalue weighted by Gasteiger charge is -2.43. The lowest BCUT2D eigenvalue weighted by Crippen LogP contribution is -2.62. The van der Waals surface area contributed by atoms with Crippen LogP contribution in [0.15, 0.2) is 12.2 Å². The van der Waals surface area contributed by atoms with E-state index in [-0.39, 0.29) is 41.5 Å². The third kappa shape index (κ3) is 1.65. The summed E-state index contributed by atoms with van der Waals surface area (Å²) in [6.45, 7) is 1.08. The molecule has 5 heteroatoms. The highest BCUT2D eigenvalue weighted by Crippen LogP contribution is 2.38. The summed E-state index contributed by atoms with van der Waals surface area (Å²) in [5.41, 5.74) is 0. The number of hydrogen-bond acceptors (Lipinski definition) is 3. The highest BCUT2D eigenvalue weighted by atomic mass is 16.2. The molecule has 2 atom stereocenters. The van der Waals surface area contributed by atoms with Gasteiger partial charge in [0.25, 0.3) is 0 Å². The molecule has 4 rings (SSSR count). The predicted molar refractivity (Wildman–Crippen MR) is 70.3 cm³/mol. The van der Waals surface area contributed by atoms with E-state index in [1.54, 1.807) is 4.90 Å². The number of allylic oxidation sites excluding steroid dienone is 2. The maximum absolute atomic E-state index is 12.4. The fraction of sp³-hybridized carbons (Fsp3) is 0.667. The number of carbonyl (C=O) groups excluding carboxylic acids is 3. The maximum atomic E-state index is 12.4. The van der Waals surface area contributed by atoms with Gasteiger partial charge in [0.2, 0.25) is 17.7 Å². The molecule has 2 aliphatic carbocycles. The quantitative estimate of drug-likeness (QED) is 0.546. The van der Waals surface area contributed by atoms with Crippen LogP contribution in [0.3, 0.4) is 0 Å². The first kappa shape index (κ1) is 12.1. The molecule has 0 bridgehead atoms. The number of imide groups is 1. The first-order chi connectivity index (χ1) is 9.66. The number of hydrogen-bond donors (Lipinski definition) is 0. The Bertz CT molecular complexity index is 491. The summed E-state index contributed by atoms with van der Waals surface area (Å²) in [5.74, 6) is 0.0780. The lowest BCUT2D eigenvalue weighted by atomic mass is 9.85. The number of amides is 3. The number of carbonyl (C=O) groups is 3. The summed E-state index contributed by atoms with van der Waals surface area (Å²) < 4.78 is 0. The molecule has 0 aromatic rings. The molecule has 106 valence electrons. The van der Waals surface area contributed by atoms with Gasteiger partial charge in [-0.2, -0.15) is 0 Å². The van der Waals surface area contributed by atoms with E-state index in [0.717, 1.165) is 12.8 Å². The topological polar surface area (TPSA) is 57.7 Å². The first-order valence-electron chi connectivity index (χ1n) is 7.47. The smallest absolute Gasteiger partial charge is 0.233 e. The van der Waals surface area contributed by atoms with E-state index in [1.807, 2.05) is 12.2 Å². The molecular weight excluding hydrogens is 256 g/mol. The average Bonchev–Trinajstić information content (AvgIpc) is 3.21. The number of fused-ring (bicyclic) bond motifs is 1. The second-order valence-corrected chi connectivity index (χ2v) is 6.37. The van der Waals surface area contributed by atoms with Gasteiger partial charge in [-0.25, -0.2) is 0 Å². The van der Waals surface area contributed by atoms with E-state index in [4.69, 9.17) is 0 Å². The zero-order chi connectivity index (χ0) is 13.9. The van der Waals surface area contributed by atoms with Gasteiger partial charge in [0.1, 0.15) is 0 Å². The Morgan fingerprint density at radius 2 is 1.55 bits per heavy atom. The van der Waals surface area contributed by atoms with Crippen LogP contribution < -0.4 is 0 Å². The van der Waals surface area contributed by atoms with Crippen molar-refractivity contribution < 1.29 is 14.4 Å². The molecule has 3 fully saturated rings. The monoisotopic (exact) mass is 274 g/mol. The van der Waals surface area contributed by atoms with Crippen molar-refractivity contribution in [3.63, 3.8) is 0 Å². The van der Waals surface area contributed by atoms with Crippen molar-refractivity contribution >= 4 is 17.7 Å². The molecule has 0 aromatic heterocycles. The van der Waals surface area contributed by atoms with Gasteiger partial charge in [-0.1, -0.05) is 12.2 Å². The van der Waals surface area contributed by atoms with Gasteiger partial charge in [0.05, 0.1) is 17.9 Å². The van der Waals surface area contributed by atoms with Crippen LogP contribution in [0.5, 0.6) is 0 Å². The van der Waals surface area contributed by atoms with Gasteiger partial charge in [0, 0.05) is 19.0 Å². The van der Waals surface area contributed by atoms with E-state index < -0.39 is 0 Å². The maximum Gasteiger partial charge on any atom is 0.233 e. The van der Waals surface area contributed by atoms with E-state index in [2.05, 4.69) is 0 Å². The van der Waals surface area contributed by atoms with Crippen molar-refractivity contribution in [3.05, 3.63) is 12.2 Å². The zero-order valence-corrected chi connectivity index (χ0v) is 11.3. The molecule has 0 spiro atoms. The Morgan fingerprint density at radius 3 is 2.05 bits per heavy atom. The van der Waals surface area contributed by atoms with E-state index in [0.29, 0.717) is 25.9 Å². The number of nitrogens with zero attached hydrogens (tertiary/aromatic N) is 2. The van der Waals surface area contributed by atoms with Crippen molar-refractivity contribution in [3.8, 4) is 0 Å². The summed E-state index contributed by atoms with van der Waals surface area (Å²) in [6, 6.07) is -0.0803. The molecule has 0 N–H and O–H groups in total. The molecule has 4 aliphatic rings. The summed E-state index contributed by atoms with van der Waals surface area (Å²) in [5, 5.41) is 0. The third-order valence-electron chi connectivity index (χ3n) is 5.01. The lowest BCUT2D eigenvalue weighted by molar-refractivity contribution is -0.153. The molecule has 2 unspecified atom stereocenters. The first-order valence-corrected chi connectivity index (χ1v) is 7.47. The second-order valence-electron chi connectivity index (χ2n) is 6.37. The highest BCUT2D eigenvalue weighted by molar-refractivity contribution is 6.06. The van der Waals surface area contributed by atoms with Gasteiger partial charge in [0.15, 0.2) is 0 Å². The summed E-state index contributed by atoms with van der Waals surface area (Å²) in [7, 11) is 0. The van der Waals surface area contributed by atoms with E-state index in [9.17, 15) is 14.4 Å². The van der Waals surface area contributed by atoms with Gasteiger partial charge in [-0.15, -0.1) is 0 Å². The van der Waals surface area contributed by atoms with Crippen LogP contribution in [-0.2, 0) is 14.4 Å². The number of likely N-dealkylation sites (tertiary alicyclic amines) is 2. The largest absolute Gasteiger partial charge is 0.338 e. The minimum absolute atomic E-state index is 0.0205. The fourth-order valence-electron chi connectivity index (χ4n) is 3.57. The van der Waals surface area contributed by atoms with E-state index >= 15 is 0 Å². The Morgan fingerprint density at radius 1 is 1.00 bits per heavy atom. The van der Waals surface area contributed by atoms with Crippen molar-refractivity contribution in [1.82, 2.24) is 9.80 Å². The van der Waals surface area contributed by atoms with Crippen molar-refractivity contribution in [2.75, 3.05) is 13.1 Å². The molecule has 1 saturated carbocycles. The van der Waals surface area contributed by atoms with Gasteiger partial charge in [-0.3, -0.25) is 19.3 Å².